The number of benzene rings is 1. The number of nitrogens with zero attached hydrogens (tertiary/aromatic N) is 5. The lowest BCUT2D eigenvalue weighted by Gasteiger charge is -2.12. The van der Waals surface area contributed by atoms with Crippen LogP contribution in [0.2, 0.25) is 0 Å². The van der Waals surface area contributed by atoms with Gasteiger partial charge >= 0.3 is 0 Å². The number of anilines is 1. The van der Waals surface area contributed by atoms with Crippen LogP contribution in [-0.4, -0.2) is 26.5 Å². The van der Waals surface area contributed by atoms with Crippen molar-refractivity contribution >= 4 is 5.82 Å². The number of hydrogen-bond donors (Lipinski definition) is 1. The Labute approximate surface area is 153 Å². The van der Waals surface area contributed by atoms with Gasteiger partial charge in [-0.3, -0.25) is 0 Å². The zero-order chi connectivity index (χ0) is 18.4. The van der Waals surface area contributed by atoms with Gasteiger partial charge in [0.05, 0.1) is 11.4 Å². The van der Waals surface area contributed by atoms with Crippen LogP contribution in [0.15, 0.2) is 42.7 Å². The van der Waals surface area contributed by atoms with Crippen LogP contribution in [0.3, 0.4) is 0 Å². The van der Waals surface area contributed by atoms with Crippen LogP contribution in [0, 0.1) is 11.3 Å². The standard InChI is InChI=1S/C20H22N6/c1-3-17-18(14-21)20(25-24-19(17)4-2)22-12-10-15-6-8-16(9-7-15)26-13-5-11-23-26/h5-9,11,13H,3-4,10,12H2,1-2H3,(H,22,25). The van der Waals surface area contributed by atoms with Gasteiger partial charge in [0.1, 0.15) is 11.6 Å². The zero-order valence-electron chi connectivity index (χ0n) is 15.1. The van der Waals surface area contributed by atoms with E-state index in [1.54, 1.807) is 6.20 Å². The first kappa shape index (κ1) is 17.6. The second-order valence-corrected chi connectivity index (χ2v) is 5.96. The fraction of sp³-hybridized carbons (Fsp3) is 0.300. The Morgan fingerprint density at radius 3 is 2.54 bits per heavy atom. The van der Waals surface area contributed by atoms with Gasteiger partial charge in [-0.2, -0.15) is 15.5 Å². The van der Waals surface area contributed by atoms with Gasteiger partial charge in [-0.25, -0.2) is 4.68 Å². The molecule has 0 spiro atoms. The number of nitriles is 1. The van der Waals surface area contributed by atoms with Gasteiger partial charge in [0.15, 0.2) is 5.82 Å². The highest BCUT2D eigenvalue weighted by Crippen LogP contribution is 2.20. The maximum atomic E-state index is 9.52. The first-order valence-electron chi connectivity index (χ1n) is 8.88. The summed E-state index contributed by atoms with van der Waals surface area (Å²) in [6, 6.07) is 12.5. The first-order valence-corrected chi connectivity index (χ1v) is 8.88. The van der Waals surface area contributed by atoms with E-state index in [-0.39, 0.29) is 0 Å². The summed E-state index contributed by atoms with van der Waals surface area (Å²) in [4.78, 5) is 0. The van der Waals surface area contributed by atoms with Crippen LogP contribution < -0.4 is 5.32 Å². The summed E-state index contributed by atoms with van der Waals surface area (Å²) in [6.45, 7) is 4.77. The molecule has 132 valence electrons. The van der Waals surface area contributed by atoms with Gasteiger partial charge in [0.2, 0.25) is 0 Å². The predicted molar refractivity (Wildman–Crippen MR) is 101 cm³/mol. The highest BCUT2D eigenvalue weighted by atomic mass is 15.3. The lowest BCUT2D eigenvalue weighted by molar-refractivity contribution is 0.864. The molecule has 0 unspecified atom stereocenters. The average Bonchev–Trinajstić information content (AvgIpc) is 3.22. The Bertz CT molecular complexity index is 891. The predicted octanol–water partition coefficient (Wildman–Crippen LogP) is 3.31. The van der Waals surface area contributed by atoms with Crippen molar-refractivity contribution in [2.24, 2.45) is 0 Å². The Kier molecular flexibility index (Phi) is 5.59. The van der Waals surface area contributed by atoms with Crippen LogP contribution in [0.4, 0.5) is 5.82 Å². The molecule has 0 atom stereocenters. The second kappa shape index (κ2) is 8.26. The summed E-state index contributed by atoms with van der Waals surface area (Å²) in [5.74, 6) is 0.578. The summed E-state index contributed by atoms with van der Waals surface area (Å²) in [5.41, 5.74) is 4.76. The van der Waals surface area contributed by atoms with E-state index in [0.717, 1.165) is 36.2 Å². The molecule has 0 amide bonds. The molecule has 0 saturated heterocycles. The van der Waals surface area contributed by atoms with Gasteiger partial charge in [-0.15, -0.1) is 5.10 Å². The highest BCUT2D eigenvalue weighted by Gasteiger charge is 2.13. The molecule has 0 fully saturated rings. The maximum absolute atomic E-state index is 9.52. The molecular weight excluding hydrogens is 324 g/mol. The van der Waals surface area contributed by atoms with Crippen molar-refractivity contribution in [1.29, 1.82) is 5.26 Å². The highest BCUT2D eigenvalue weighted by molar-refractivity contribution is 5.56. The van der Waals surface area contributed by atoms with Crippen LogP contribution in [0.5, 0.6) is 0 Å². The van der Waals surface area contributed by atoms with Gasteiger partial charge in [-0.05, 0) is 48.6 Å². The third-order valence-corrected chi connectivity index (χ3v) is 4.37. The Hall–Kier alpha value is -3.20. The van der Waals surface area contributed by atoms with Gasteiger partial charge in [0.25, 0.3) is 0 Å². The molecule has 0 aliphatic carbocycles. The molecule has 3 rings (SSSR count). The largest absolute Gasteiger partial charge is 0.367 e. The van der Waals surface area contributed by atoms with Crippen molar-refractivity contribution < 1.29 is 0 Å². The maximum Gasteiger partial charge on any atom is 0.166 e. The molecule has 0 aliphatic heterocycles. The van der Waals surface area contributed by atoms with E-state index in [2.05, 4.69) is 38.8 Å². The minimum atomic E-state index is 0.578. The van der Waals surface area contributed by atoms with E-state index in [1.165, 1.54) is 5.56 Å². The number of aromatic nitrogens is 4. The Balaban J connectivity index is 1.66. The first-order chi connectivity index (χ1) is 12.8. The molecule has 0 bridgehead atoms. The molecule has 0 radical (unpaired) electrons. The van der Waals surface area contributed by atoms with Crippen molar-refractivity contribution in [1.82, 2.24) is 20.0 Å². The van der Waals surface area contributed by atoms with E-state index in [4.69, 9.17) is 0 Å². The normalized spacial score (nSPS) is 10.5. The molecule has 6 nitrogen and oxygen atoms in total. The minimum Gasteiger partial charge on any atom is -0.367 e. The van der Waals surface area contributed by atoms with Crippen LogP contribution in [-0.2, 0) is 19.3 Å². The third-order valence-electron chi connectivity index (χ3n) is 4.37. The molecule has 1 N–H and O–H groups in total. The molecular formula is C20H22N6. The second-order valence-electron chi connectivity index (χ2n) is 5.96. The fourth-order valence-corrected chi connectivity index (χ4v) is 2.98. The number of aryl methyl sites for hydroxylation is 1. The van der Waals surface area contributed by atoms with Crippen molar-refractivity contribution in [3.8, 4) is 11.8 Å². The molecule has 2 aromatic heterocycles. The lowest BCUT2D eigenvalue weighted by atomic mass is 10.0. The van der Waals surface area contributed by atoms with Crippen molar-refractivity contribution in [2.75, 3.05) is 11.9 Å². The Morgan fingerprint density at radius 2 is 1.92 bits per heavy atom. The summed E-state index contributed by atoms with van der Waals surface area (Å²) < 4.78 is 1.83. The summed E-state index contributed by atoms with van der Waals surface area (Å²) >= 11 is 0. The fourth-order valence-electron chi connectivity index (χ4n) is 2.98. The summed E-state index contributed by atoms with van der Waals surface area (Å²) in [5, 5.41) is 25.5. The van der Waals surface area contributed by atoms with Crippen LogP contribution in [0.25, 0.3) is 5.69 Å². The molecule has 6 heteroatoms. The van der Waals surface area contributed by atoms with E-state index >= 15 is 0 Å². The molecule has 26 heavy (non-hydrogen) atoms. The number of hydrogen-bond acceptors (Lipinski definition) is 5. The van der Waals surface area contributed by atoms with Crippen molar-refractivity contribution in [3.63, 3.8) is 0 Å². The van der Waals surface area contributed by atoms with Gasteiger partial charge in [-0.1, -0.05) is 26.0 Å². The number of nitrogens with one attached hydrogen (secondary N) is 1. The smallest absolute Gasteiger partial charge is 0.166 e. The third kappa shape index (κ3) is 3.72. The molecule has 2 heterocycles. The van der Waals surface area contributed by atoms with Crippen molar-refractivity contribution in [3.05, 3.63) is 65.1 Å². The SMILES string of the molecule is CCc1nnc(NCCc2ccc(-n3cccn3)cc2)c(C#N)c1CC. The van der Waals surface area contributed by atoms with E-state index in [0.29, 0.717) is 17.9 Å². The average molecular weight is 346 g/mol. The van der Waals surface area contributed by atoms with Gasteiger partial charge in [0, 0.05) is 18.9 Å². The summed E-state index contributed by atoms with van der Waals surface area (Å²) in [6.07, 6.45) is 6.09. The lowest BCUT2D eigenvalue weighted by Crippen LogP contribution is -2.12. The monoisotopic (exact) mass is 346 g/mol. The molecule has 1 aromatic carbocycles. The van der Waals surface area contributed by atoms with Crippen molar-refractivity contribution in [2.45, 2.75) is 33.1 Å². The summed E-state index contributed by atoms with van der Waals surface area (Å²) in [7, 11) is 0. The van der Waals surface area contributed by atoms with E-state index in [1.807, 2.05) is 42.9 Å². The quantitative estimate of drug-likeness (QED) is 0.710. The molecule has 3 aromatic rings. The van der Waals surface area contributed by atoms with Crippen LogP contribution >= 0.6 is 0 Å². The zero-order valence-corrected chi connectivity index (χ0v) is 15.1. The Morgan fingerprint density at radius 1 is 1.12 bits per heavy atom. The molecule has 0 aliphatic rings. The molecule has 0 saturated carbocycles. The van der Waals surface area contributed by atoms with Crippen LogP contribution in [0.1, 0.15) is 36.2 Å². The van der Waals surface area contributed by atoms with Gasteiger partial charge < -0.3 is 5.32 Å². The topological polar surface area (TPSA) is 79.4 Å². The van der Waals surface area contributed by atoms with E-state index < -0.39 is 0 Å². The van der Waals surface area contributed by atoms with E-state index in [9.17, 15) is 5.26 Å². The minimum absolute atomic E-state index is 0.578. The number of rotatable bonds is 7.